The van der Waals surface area contributed by atoms with Crippen LogP contribution in [0.15, 0.2) is 18.2 Å². The Hall–Kier alpha value is -3.01. The summed E-state index contributed by atoms with van der Waals surface area (Å²) >= 11 is 0. The predicted octanol–water partition coefficient (Wildman–Crippen LogP) is 2.70. The maximum absolute atomic E-state index is 13.2. The van der Waals surface area contributed by atoms with Crippen LogP contribution in [-0.4, -0.2) is 93.5 Å². The average molecular weight is 506 g/mol. The maximum Gasteiger partial charge on any atom is 0.330 e. The van der Waals surface area contributed by atoms with Gasteiger partial charge in [0.2, 0.25) is 0 Å². The second-order valence-corrected chi connectivity index (χ2v) is 10.5. The summed E-state index contributed by atoms with van der Waals surface area (Å²) in [4.78, 5) is 42.0. The van der Waals surface area contributed by atoms with Gasteiger partial charge in [-0.25, -0.2) is 9.59 Å². The summed E-state index contributed by atoms with van der Waals surface area (Å²) in [5.74, 6) is 0.484. The zero-order valence-corrected chi connectivity index (χ0v) is 22.2. The Morgan fingerprint density at radius 2 is 1.64 bits per heavy atom. The van der Waals surface area contributed by atoms with E-state index in [1.165, 1.54) is 7.11 Å². The number of amides is 3. The van der Waals surface area contributed by atoms with Gasteiger partial charge in [-0.15, -0.1) is 0 Å². The fourth-order valence-electron chi connectivity index (χ4n) is 4.74. The number of hydrogen-bond donors (Lipinski definition) is 1. The van der Waals surface area contributed by atoms with Crippen molar-refractivity contribution in [3.63, 3.8) is 0 Å². The zero-order chi connectivity index (χ0) is 26.5. The van der Waals surface area contributed by atoms with Crippen LogP contribution < -0.4 is 14.8 Å². The van der Waals surface area contributed by atoms with Crippen molar-refractivity contribution in [3.8, 4) is 11.5 Å². The van der Waals surface area contributed by atoms with Gasteiger partial charge < -0.3 is 34.1 Å². The molecule has 10 heteroatoms. The van der Waals surface area contributed by atoms with Crippen LogP contribution in [-0.2, 0) is 14.3 Å². The lowest BCUT2D eigenvalue weighted by Gasteiger charge is -2.39. The van der Waals surface area contributed by atoms with E-state index in [1.54, 1.807) is 37.3 Å². The van der Waals surface area contributed by atoms with E-state index < -0.39 is 17.6 Å². The van der Waals surface area contributed by atoms with E-state index in [0.29, 0.717) is 43.2 Å². The predicted molar refractivity (Wildman–Crippen MR) is 133 cm³/mol. The van der Waals surface area contributed by atoms with Crippen LogP contribution in [0.1, 0.15) is 50.4 Å². The minimum Gasteiger partial charge on any atom is -0.497 e. The topological polar surface area (TPSA) is 107 Å². The molecule has 2 aliphatic heterocycles. The van der Waals surface area contributed by atoms with Crippen LogP contribution in [0.5, 0.6) is 11.5 Å². The van der Waals surface area contributed by atoms with E-state index in [0.717, 1.165) is 19.3 Å². The molecule has 3 rings (SSSR count). The zero-order valence-electron chi connectivity index (χ0n) is 22.2. The summed E-state index contributed by atoms with van der Waals surface area (Å²) in [5, 5.41) is 2.77. The molecule has 200 valence electrons. The van der Waals surface area contributed by atoms with E-state index in [2.05, 4.69) is 5.32 Å². The summed E-state index contributed by atoms with van der Waals surface area (Å²) in [6.45, 7) is 8.05. The van der Waals surface area contributed by atoms with E-state index in [1.807, 2.05) is 25.7 Å². The third-order valence-corrected chi connectivity index (χ3v) is 6.94. The fraction of sp³-hybridized carbons (Fsp3) is 0.654. The number of carbonyl (C=O) groups excluding carboxylic acids is 3. The quantitative estimate of drug-likeness (QED) is 0.568. The molecule has 2 fully saturated rings. The largest absolute Gasteiger partial charge is 0.497 e. The molecule has 1 spiro atoms. The van der Waals surface area contributed by atoms with Crippen LogP contribution >= 0.6 is 0 Å². The number of nitrogens with one attached hydrogen (secondary N) is 1. The highest BCUT2D eigenvalue weighted by atomic mass is 16.5. The van der Waals surface area contributed by atoms with Gasteiger partial charge in [0.15, 0.2) is 6.04 Å². The monoisotopic (exact) mass is 505 g/mol. The number of urea groups is 1. The summed E-state index contributed by atoms with van der Waals surface area (Å²) in [5.41, 5.74) is -0.0175. The molecule has 1 aromatic carbocycles. The Morgan fingerprint density at radius 3 is 2.19 bits per heavy atom. The first-order chi connectivity index (χ1) is 17.0. The Bertz CT molecular complexity index is 951. The van der Waals surface area contributed by atoms with Gasteiger partial charge in [0.25, 0.3) is 5.91 Å². The smallest absolute Gasteiger partial charge is 0.330 e. The Balaban J connectivity index is 1.58. The number of methoxy groups -OCH3 is 3. The van der Waals surface area contributed by atoms with Crippen molar-refractivity contribution in [2.24, 2.45) is 5.41 Å². The van der Waals surface area contributed by atoms with Crippen molar-refractivity contribution in [2.75, 3.05) is 54.1 Å². The molecule has 1 aromatic rings. The van der Waals surface area contributed by atoms with Crippen molar-refractivity contribution >= 4 is 17.9 Å². The number of likely N-dealkylation sites (tertiary alicyclic amines) is 2. The Kier molecular flexibility index (Phi) is 8.71. The van der Waals surface area contributed by atoms with E-state index in [4.69, 9.17) is 18.9 Å². The van der Waals surface area contributed by atoms with Gasteiger partial charge in [-0.3, -0.25) is 4.79 Å². The molecule has 0 bridgehead atoms. The number of esters is 1. The molecular formula is C26H39N3O7. The van der Waals surface area contributed by atoms with Crippen LogP contribution in [0.3, 0.4) is 0 Å². The first-order valence-electron chi connectivity index (χ1n) is 12.3. The first-order valence-corrected chi connectivity index (χ1v) is 12.3. The third kappa shape index (κ3) is 6.60. The number of benzene rings is 1. The Morgan fingerprint density at radius 1 is 1.00 bits per heavy atom. The summed E-state index contributed by atoms with van der Waals surface area (Å²) in [6, 6.07) is 4.02. The highest BCUT2D eigenvalue weighted by Gasteiger charge is 2.43. The van der Waals surface area contributed by atoms with Crippen LogP contribution in [0.25, 0.3) is 0 Å². The van der Waals surface area contributed by atoms with Gasteiger partial charge >= 0.3 is 12.0 Å². The number of nitrogens with zero attached hydrogens (tertiary/aromatic N) is 2. The van der Waals surface area contributed by atoms with Crippen molar-refractivity contribution < 1.29 is 33.3 Å². The normalized spacial score (nSPS) is 18.1. The third-order valence-electron chi connectivity index (χ3n) is 6.94. The molecule has 0 radical (unpaired) electrons. The lowest BCUT2D eigenvalue weighted by molar-refractivity contribution is -0.146. The van der Waals surface area contributed by atoms with Crippen molar-refractivity contribution in [1.29, 1.82) is 0 Å². The number of carbonyl (C=O) groups is 3. The number of rotatable bonds is 7. The first kappa shape index (κ1) is 27.6. The molecule has 2 heterocycles. The lowest BCUT2D eigenvalue weighted by Crippen LogP contribution is -2.51. The lowest BCUT2D eigenvalue weighted by atomic mass is 9.77. The number of hydrogen-bond acceptors (Lipinski definition) is 7. The van der Waals surface area contributed by atoms with Crippen LogP contribution in [0.4, 0.5) is 4.79 Å². The molecule has 1 unspecified atom stereocenters. The molecule has 10 nitrogen and oxygen atoms in total. The molecule has 2 saturated heterocycles. The summed E-state index contributed by atoms with van der Waals surface area (Å²) in [6.07, 6.45) is 2.44. The number of ether oxygens (including phenoxy) is 4. The van der Waals surface area contributed by atoms with Gasteiger partial charge in [-0.2, -0.15) is 0 Å². The van der Waals surface area contributed by atoms with Gasteiger partial charge in [0.1, 0.15) is 11.5 Å². The van der Waals surface area contributed by atoms with Crippen molar-refractivity contribution in [3.05, 3.63) is 23.8 Å². The van der Waals surface area contributed by atoms with Crippen LogP contribution in [0, 0.1) is 5.41 Å². The van der Waals surface area contributed by atoms with Crippen molar-refractivity contribution in [1.82, 2.24) is 15.1 Å². The van der Waals surface area contributed by atoms with Crippen LogP contribution in [0.2, 0.25) is 0 Å². The Labute approximate surface area is 213 Å². The molecule has 0 saturated carbocycles. The highest BCUT2D eigenvalue weighted by Crippen LogP contribution is 2.41. The highest BCUT2D eigenvalue weighted by molar-refractivity contribution is 5.97. The molecule has 36 heavy (non-hydrogen) atoms. The molecule has 1 atom stereocenters. The molecular weight excluding hydrogens is 466 g/mol. The molecule has 0 aromatic heterocycles. The molecule has 3 amide bonds. The average Bonchev–Trinajstić information content (AvgIpc) is 3.28. The summed E-state index contributed by atoms with van der Waals surface area (Å²) in [7, 11) is 4.40. The molecule has 0 aliphatic carbocycles. The van der Waals surface area contributed by atoms with E-state index >= 15 is 0 Å². The van der Waals surface area contributed by atoms with Gasteiger partial charge in [0.05, 0.1) is 39.1 Å². The SMILES string of the molecule is COC(=O)C(COC(C)(C)C)NC(=O)N1CCC2(CCN(C(=O)c3cc(OC)ccc3OC)CC2)C1. The fourth-order valence-corrected chi connectivity index (χ4v) is 4.74. The van der Waals surface area contributed by atoms with Gasteiger partial charge in [-0.05, 0) is 63.6 Å². The number of piperidine rings is 1. The van der Waals surface area contributed by atoms with E-state index in [9.17, 15) is 14.4 Å². The minimum absolute atomic E-state index is 0.0334. The van der Waals surface area contributed by atoms with Crippen molar-refractivity contribution in [2.45, 2.75) is 51.7 Å². The second kappa shape index (κ2) is 11.4. The standard InChI is InChI=1S/C26H39N3O7/c1-25(2,3)36-16-20(23(31)35-6)27-24(32)29-14-11-26(17-29)9-12-28(13-10-26)22(30)19-15-18(33-4)7-8-21(19)34-5/h7-8,15,20H,9-14,16-17H2,1-6H3,(H,27,32). The minimum atomic E-state index is -0.879. The van der Waals surface area contributed by atoms with Gasteiger partial charge in [-0.1, -0.05) is 0 Å². The van der Waals surface area contributed by atoms with Gasteiger partial charge in [0, 0.05) is 26.2 Å². The van der Waals surface area contributed by atoms with E-state index in [-0.39, 0.29) is 24.0 Å². The maximum atomic E-state index is 13.2. The second-order valence-electron chi connectivity index (χ2n) is 10.5. The molecule has 2 aliphatic rings. The molecule has 1 N–H and O–H groups in total. The summed E-state index contributed by atoms with van der Waals surface area (Å²) < 4.78 is 21.2.